The van der Waals surface area contributed by atoms with Gasteiger partial charge < -0.3 is 11.1 Å². The Morgan fingerprint density at radius 3 is 2.71 bits per heavy atom. The van der Waals surface area contributed by atoms with Crippen LogP contribution in [0.2, 0.25) is 0 Å². The molecule has 3 N–H and O–H groups in total. The van der Waals surface area contributed by atoms with Gasteiger partial charge in [-0.05, 0) is 38.0 Å². The highest BCUT2D eigenvalue weighted by Crippen LogP contribution is 2.13. The molecular formula is C14H22N2O. The van der Waals surface area contributed by atoms with Crippen LogP contribution in [0.4, 0.5) is 0 Å². The molecule has 1 aromatic rings. The number of nitrogens with one attached hydrogen (secondary N) is 1. The van der Waals surface area contributed by atoms with Crippen molar-refractivity contribution in [2.24, 2.45) is 5.73 Å². The van der Waals surface area contributed by atoms with Crippen LogP contribution in [0.5, 0.6) is 0 Å². The van der Waals surface area contributed by atoms with E-state index in [1.807, 2.05) is 38.1 Å². The first-order chi connectivity index (χ1) is 7.98. The molecule has 0 radical (unpaired) electrons. The number of amides is 1. The highest BCUT2D eigenvalue weighted by atomic mass is 16.1. The topological polar surface area (TPSA) is 55.1 Å². The highest BCUT2D eigenvalue weighted by molar-refractivity contribution is 5.94. The third-order valence-electron chi connectivity index (χ3n) is 2.75. The van der Waals surface area contributed by atoms with Crippen molar-refractivity contribution in [2.75, 3.05) is 0 Å². The molecule has 0 bridgehead atoms. The summed E-state index contributed by atoms with van der Waals surface area (Å²) < 4.78 is 0. The van der Waals surface area contributed by atoms with Gasteiger partial charge in [-0.3, -0.25) is 4.79 Å². The summed E-state index contributed by atoms with van der Waals surface area (Å²) in [6.07, 6.45) is 2.02. The Balaban J connectivity index is 2.75. The number of hydrogen-bond acceptors (Lipinski definition) is 2. The smallest absolute Gasteiger partial charge is 0.251 e. The standard InChI is InChI=1S/C14H22N2O/c1-4-8-14(2,3)16-13(17)12-7-5-6-11(9-12)10-15/h5-7,9H,4,8,10,15H2,1-3H3,(H,16,17). The lowest BCUT2D eigenvalue weighted by atomic mass is 9.98. The molecule has 3 heteroatoms. The molecule has 1 rings (SSSR count). The molecular weight excluding hydrogens is 212 g/mol. The van der Waals surface area contributed by atoms with Crippen LogP contribution in [0.3, 0.4) is 0 Å². The predicted molar refractivity (Wildman–Crippen MR) is 70.8 cm³/mol. The van der Waals surface area contributed by atoms with Crippen molar-refractivity contribution in [2.45, 2.75) is 45.7 Å². The van der Waals surface area contributed by atoms with Crippen molar-refractivity contribution >= 4 is 5.91 Å². The van der Waals surface area contributed by atoms with E-state index in [1.54, 1.807) is 0 Å². The van der Waals surface area contributed by atoms with Crippen molar-refractivity contribution in [3.8, 4) is 0 Å². The molecule has 0 atom stereocenters. The van der Waals surface area contributed by atoms with Crippen LogP contribution in [0, 0.1) is 0 Å². The lowest BCUT2D eigenvalue weighted by molar-refractivity contribution is 0.0909. The van der Waals surface area contributed by atoms with Gasteiger partial charge in [0.05, 0.1) is 0 Å². The number of carbonyl (C=O) groups is 1. The summed E-state index contributed by atoms with van der Waals surface area (Å²) in [5, 5.41) is 3.05. The molecule has 0 saturated carbocycles. The minimum atomic E-state index is -0.162. The van der Waals surface area contributed by atoms with Gasteiger partial charge in [-0.25, -0.2) is 0 Å². The van der Waals surface area contributed by atoms with Gasteiger partial charge in [0.1, 0.15) is 0 Å². The second-order valence-corrected chi connectivity index (χ2v) is 4.99. The fourth-order valence-electron chi connectivity index (χ4n) is 1.91. The van der Waals surface area contributed by atoms with Gasteiger partial charge in [0.25, 0.3) is 5.91 Å². The number of carbonyl (C=O) groups excluding carboxylic acids is 1. The molecule has 0 heterocycles. The van der Waals surface area contributed by atoms with E-state index in [0.717, 1.165) is 18.4 Å². The maximum atomic E-state index is 12.1. The van der Waals surface area contributed by atoms with Gasteiger partial charge >= 0.3 is 0 Å². The number of rotatable bonds is 5. The summed E-state index contributed by atoms with van der Waals surface area (Å²) in [6, 6.07) is 7.45. The zero-order chi connectivity index (χ0) is 12.9. The van der Waals surface area contributed by atoms with Gasteiger partial charge in [0.15, 0.2) is 0 Å². The van der Waals surface area contributed by atoms with Crippen molar-refractivity contribution in [1.29, 1.82) is 0 Å². The monoisotopic (exact) mass is 234 g/mol. The molecule has 0 unspecified atom stereocenters. The average molecular weight is 234 g/mol. The molecule has 1 amide bonds. The van der Waals surface area contributed by atoms with Gasteiger partial charge in [0, 0.05) is 17.6 Å². The molecule has 0 spiro atoms. The largest absolute Gasteiger partial charge is 0.347 e. The Kier molecular flexibility index (Phi) is 4.70. The fraction of sp³-hybridized carbons (Fsp3) is 0.500. The highest BCUT2D eigenvalue weighted by Gasteiger charge is 2.19. The Morgan fingerprint density at radius 2 is 2.12 bits per heavy atom. The second kappa shape index (κ2) is 5.82. The lowest BCUT2D eigenvalue weighted by Gasteiger charge is -2.25. The summed E-state index contributed by atoms with van der Waals surface area (Å²) >= 11 is 0. The first-order valence-corrected chi connectivity index (χ1v) is 6.10. The van der Waals surface area contributed by atoms with E-state index >= 15 is 0 Å². The zero-order valence-corrected chi connectivity index (χ0v) is 10.9. The van der Waals surface area contributed by atoms with Gasteiger partial charge in [0.2, 0.25) is 0 Å². The summed E-state index contributed by atoms with van der Waals surface area (Å²) in [5.74, 6) is -0.0289. The molecule has 0 aliphatic carbocycles. The Hall–Kier alpha value is -1.35. The SMILES string of the molecule is CCCC(C)(C)NC(=O)c1cccc(CN)c1. The van der Waals surface area contributed by atoms with Crippen LogP contribution in [0.1, 0.15) is 49.5 Å². The van der Waals surface area contributed by atoms with Crippen LogP contribution < -0.4 is 11.1 Å². The van der Waals surface area contributed by atoms with Gasteiger partial charge in [-0.1, -0.05) is 25.5 Å². The maximum Gasteiger partial charge on any atom is 0.251 e. The van der Waals surface area contributed by atoms with E-state index in [0.29, 0.717) is 12.1 Å². The molecule has 3 nitrogen and oxygen atoms in total. The molecule has 0 saturated heterocycles. The van der Waals surface area contributed by atoms with E-state index in [9.17, 15) is 4.79 Å². The zero-order valence-electron chi connectivity index (χ0n) is 10.9. The van der Waals surface area contributed by atoms with Crippen LogP contribution in [0.15, 0.2) is 24.3 Å². The van der Waals surface area contributed by atoms with Crippen LogP contribution >= 0.6 is 0 Å². The van der Waals surface area contributed by atoms with E-state index < -0.39 is 0 Å². The summed E-state index contributed by atoms with van der Waals surface area (Å²) in [7, 11) is 0. The summed E-state index contributed by atoms with van der Waals surface area (Å²) in [5.41, 5.74) is 7.06. The van der Waals surface area contributed by atoms with Crippen LogP contribution in [-0.4, -0.2) is 11.4 Å². The normalized spacial score (nSPS) is 11.3. The second-order valence-electron chi connectivity index (χ2n) is 4.99. The van der Waals surface area contributed by atoms with Crippen molar-refractivity contribution in [1.82, 2.24) is 5.32 Å². The van der Waals surface area contributed by atoms with Crippen molar-refractivity contribution < 1.29 is 4.79 Å². The van der Waals surface area contributed by atoms with Gasteiger partial charge in [-0.2, -0.15) is 0 Å². The Bertz CT molecular complexity index is 386. The van der Waals surface area contributed by atoms with Crippen molar-refractivity contribution in [3.63, 3.8) is 0 Å². The van der Waals surface area contributed by atoms with E-state index in [4.69, 9.17) is 5.73 Å². The molecule has 0 aromatic heterocycles. The van der Waals surface area contributed by atoms with Crippen LogP contribution in [-0.2, 0) is 6.54 Å². The molecule has 17 heavy (non-hydrogen) atoms. The van der Waals surface area contributed by atoms with E-state index in [2.05, 4.69) is 12.2 Å². The first kappa shape index (κ1) is 13.7. The van der Waals surface area contributed by atoms with Gasteiger partial charge in [-0.15, -0.1) is 0 Å². The quantitative estimate of drug-likeness (QED) is 0.822. The molecule has 94 valence electrons. The minimum absolute atomic E-state index is 0.0289. The fourth-order valence-corrected chi connectivity index (χ4v) is 1.91. The minimum Gasteiger partial charge on any atom is -0.347 e. The number of benzene rings is 1. The summed E-state index contributed by atoms with van der Waals surface area (Å²) in [4.78, 5) is 12.1. The first-order valence-electron chi connectivity index (χ1n) is 6.10. The third-order valence-corrected chi connectivity index (χ3v) is 2.75. The third kappa shape index (κ3) is 4.19. The molecule has 0 fully saturated rings. The predicted octanol–water partition coefficient (Wildman–Crippen LogP) is 2.45. The van der Waals surface area contributed by atoms with E-state index in [-0.39, 0.29) is 11.4 Å². The number of hydrogen-bond donors (Lipinski definition) is 2. The van der Waals surface area contributed by atoms with E-state index in [1.165, 1.54) is 0 Å². The van der Waals surface area contributed by atoms with Crippen LogP contribution in [0.25, 0.3) is 0 Å². The molecule has 1 aromatic carbocycles. The van der Waals surface area contributed by atoms with Crippen molar-refractivity contribution in [3.05, 3.63) is 35.4 Å². The Morgan fingerprint density at radius 1 is 1.41 bits per heavy atom. The molecule has 0 aliphatic rings. The number of nitrogens with two attached hydrogens (primary N) is 1. The summed E-state index contributed by atoms with van der Waals surface area (Å²) in [6.45, 7) is 6.66. The Labute approximate surface area is 103 Å². The lowest BCUT2D eigenvalue weighted by Crippen LogP contribution is -2.43. The maximum absolute atomic E-state index is 12.1. The molecule has 0 aliphatic heterocycles. The average Bonchev–Trinajstić information content (AvgIpc) is 2.28.